The van der Waals surface area contributed by atoms with Gasteiger partial charge in [0, 0.05) is 22.3 Å². The second kappa shape index (κ2) is 5.51. The first-order chi connectivity index (χ1) is 8.55. The molecule has 106 valence electrons. The highest BCUT2D eigenvalue weighted by molar-refractivity contribution is 8.13. The molecule has 1 N–H and O–H groups in total. The smallest absolute Gasteiger partial charge is 0.261 e. The van der Waals surface area contributed by atoms with Gasteiger partial charge in [-0.2, -0.15) is 0 Å². The molecular formula is C13H18ClNO3S. The zero-order chi connectivity index (χ0) is 15.0. The van der Waals surface area contributed by atoms with Gasteiger partial charge in [-0.15, -0.1) is 0 Å². The molecule has 0 atom stereocenters. The van der Waals surface area contributed by atoms with Gasteiger partial charge in [0.15, 0.2) is 0 Å². The van der Waals surface area contributed by atoms with Crippen molar-refractivity contribution in [2.45, 2.75) is 45.6 Å². The van der Waals surface area contributed by atoms with Crippen molar-refractivity contribution in [2.75, 3.05) is 0 Å². The Morgan fingerprint density at radius 2 is 1.74 bits per heavy atom. The average Bonchev–Trinajstić information content (AvgIpc) is 2.11. The molecule has 0 spiro atoms. The lowest BCUT2D eigenvalue weighted by Crippen LogP contribution is -2.31. The van der Waals surface area contributed by atoms with Gasteiger partial charge in [0.1, 0.15) is 0 Å². The van der Waals surface area contributed by atoms with Crippen molar-refractivity contribution in [1.82, 2.24) is 5.32 Å². The molecule has 0 saturated heterocycles. The van der Waals surface area contributed by atoms with Crippen LogP contribution in [0.15, 0.2) is 11.0 Å². The van der Waals surface area contributed by atoms with Crippen molar-refractivity contribution >= 4 is 25.6 Å². The highest BCUT2D eigenvalue weighted by Crippen LogP contribution is 2.28. The predicted octanol–water partition coefficient (Wildman–Crippen LogP) is 2.68. The number of halogens is 1. The van der Waals surface area contributed by atoms with Crippen LogP contribution in [0.5, 0.6) is 0 Å². The maximum absolute atomic E-state index is 12.1. The molecule has 0 fully saturated rings. The topological polar surface area (TPSA) is 63.2 Å². The minimum Gasteiger partial charge on any atom is -0.350 e. The van der Waals surface area contributed by atoms with Crippen LogP contribution >= 0.6 is 10.7 Å². The summed E-state index contributed by atoms with van der Waals surface area (Å²) in [7, 11) is 1.57. The summed E-state index contributed by atoms with van der Waals surface area (Å²) in [6.45, 7) is 8.73. The van der Waals surface area contributed by atoms with Gasteiger partial charge in [-0.3, -0.25) is 4.79 Å². The van der Waals surface area contributed by atoms with Crippen molar-refractivity contribution < 1.29 is 13.2 Å². The first kappa shape index (κ1) is 16.0. The molecule has 0 heterocycles. The van der Waals surface area contributed by atoms with E-state index in [1.807, 2.05) is 13.8 Å². The molecular weight excluding hydrogens is 286 g/mol. The maximum atomic E-state index is 12.1. The van der Waals surface area contributed by atoms with E-state index in [1.165, 1.54) is 0 Å². The van der Waals surface area contributed by atoms with E-state index < -0.39 is 9.05 Å². The van der Waals surface area contributed by atoms with Gasteiger partial charge in [0.2, 0.25) is 0 Å². The minimum absolute atomic E-state index is 0.0219. The molecule has 6 heteroatoms. The lowest BCUT2D eigenvalue weighted by molar-refractivity contribution is 0.0941. The number of aryl methyl sites for hydroxylation is 2. The fourth-order valence-corrected chi connectivity index (χ4v) is 3.85. The molecule has 0 saturated carbocycles. The van der Waals surface area contributed by atoms with Gasteiger partial charge in [0.05, 0.1) is 4.90 Å². The molecule has 1 amide bonds. The molecule has 0 bridgehead atoms. The second-order valence-corrected chi connectivity index (χ2v) is 7.41. The van der Waals surface area contributed by atoms with Crippen LogP contribution in [0.25, 0.3) is 0 Å². The number of hydrogen-bond acceptors (Lipinski definition) is 3. The lowest BCUT2D eigenvalue weighted by Gasteiger charge is -2.16. The van der Waals surface area contributed by atoms with Gasteiger partial charge in [0.25, 0.3) is 15.0 Å². The molecule has 0 aromatic heterocycles. The van der Waals surface area contributed by atoms with Gasteiger partial charge in [-0.25, -0.2) is 8.42 Å². The Morgan fingerprint density at radius 1 is 1.21 bits per heavy atom. The molecule has 0 aliphatic heterocycles. The monoisotopic (exact) mass is 303 g/mol. The molecule has 1 aromatic rings. The third kappa shape index (κ3) is 3.48. The van der Waals surface area contributed by atoms with Gasteiger partial charge < -0.3 is 5.32 Å². The molecule has 0 radical (unpaired) electrons. The maximum Gasteiger partial charge on any atom is 0.261 e. The zero-order valence-corrected chi connectivity index (χ0v) is 13.2. The van der Waals surface area contributed by atoms with Crippen LogP contribution in [0.3, 0.4) is 0 Å². The fraction of sp³-hybridized carbons (Fsp3) is 0.462. The fourth-order valence-electron chi connectivity index (χ4n) is 2.23. The van der Waals surface area contributed by atoms with Crippen LogP contribution in [-0.2, 0) is 9.05 Å². The second-order valence-electron chi connectivity index (χ2n) is 4.91. The van der Waals surface area contributed by atoms with E-state index >= 15 is 0 Å². The van der Waals surface area contributed by atoms with E-state index in [2.05, 4.69) is 5.32 Å². The van der Waals surface area contributed by atoms with E-state index in [0.717, 1.165) is 5.56 Å². The Labute approximate surface area is 118 Å². The Morgan fingerprint density at radius 3 is 2.16 bits per heavy atom. The quantitative estimate of drug-likeness (QED) is 0.873. The SMILES string of the molecule is Cc1cc(C)c(S(=O)(=O)Cl)c(C)c1C(=O)NC(C)C. The summed E-state index contributed by atoms with van der Waals surface area (Å²) in [5, 5.41) is 2.76. The van der Waals surface area contributed by atoms with Crippen molar-refractivity contribution in [2.24, 2.45) is 0 Å². The van der Waals surface area contributed by atoms with E-state index in [0.29, 0.717) is 16.7 Å². The Bertz CT molecular complexity index is 621. The average molecular weight is 304 g/mol. The van der Waals surface area contributed by atoms with Crippen LogP contribution in [0.4, 0.5) is 0 Å². The number of carbonyl (C=O) groups is 1. The highest BCUT2D eigenvalue weighted by atomic mass is 35.7. The van der Waals surface area contributed by atoms with Crippen molar-refractivity contribution in [1.29, 1.82) is 0 Å². The number of amides is 1. The largest absolute Gasteiger partial charge is 0.350 e. The summed E-state index contributed by atoms with van der Waals surface area (Å²) in [4.78, 5) is 12.2. The molecule has 1 rings (SSSR count). The minimum atomic E-state index is -3.87. The number of benzene rings is 1. The van der Waals surface area contributed by atoms with Gasteiger partial charge >= 0.3 is 0 Å². The Hall–Kier alpha value is -1.07. The molecule has 1 aromatic carbocycles. The van der Waals surface area contributed by atoms with Crippen LogP contribution in [0, 0.1) is 20.8 Å². The number of nitrogens with one attached hydrogen (secondary N) is 1. The van der Waals surface area contributed by atoms with Crippen LogP contribution in [-0.4, -0.2) is 20.4 Å². The summed E-state index contributed by atoms with van der Waals surface area (Å²) < 4.78 is 23.2. The number of hydrogen-bond donors (Lipinski definition) is 1. The highest BCUT2D eigenvalue weighted by Gasteiger charge is 2.23. The Kier molecular flexibility index (Phi) is 4.63. The van der Waals surface area contributed by atoms with E-state index in [9.17, 15) is 13.2 Å². The summed E-state index contributed by atoms with van der Waals surface area (Å²) >= 11 is 0. The van der Waals surface area contributed by atoms with Gasteiger partial charge in [-0.1, -0.05) is 6.07 Å². The van der Waals surface area contributed by atoms with Crippen molar-refractivity contribution in [3.63, 3.8) is 0 Å². The molecule has 4 nitrogen and oxygen atoms in total. The lowest BCUT2D eigenvalue weighted by atomic mass is 9.99. The predicted molar refractivity (Wildman–Crippen MR) is 76.3 cm³/mol. The van der Waals surface area contributed by atoms with Gasteiger partial charge in [-0.05, 0) is 51.3 Å². The van der Waals surface area contributed by atoms with Crippen LogP contribution in [0.1, 0.15) is 40.9 Å². The third-order valence-corrected chi connectivity index (χ3v) is 4.37. The van der Waals surface area contributed by atoms with E-state index in [1.54, 1.807) is 26.8 Å². The summed E-state index contributed by atoms with van der Waals surface area (Å²) in [6.07, 6.45) is 0. The van der Waals surface area contributed by atoms with E-state index in [4.69, 9.17) is 10.7 Å². The normalized spacial score (nSPS) is 11.7. The first-order valence-electron chi connectivity index (χ1n) is 5.92. The van der Waals surface area contributed by atoms with Crippen LogP contribution in [0.2, 0.25) is 0 Å². The number of carbonyl (C=O) groups excluding carboxylic acids is 1. The van der Waals surface area contributed by atoms with Crippen molar-refractivity contribution in [3.8, 4) is 0 Å². The first-order valence-corrected chi connectivity index (χ1v) is 8.23. The zero-order valence-electron chi connectivity index (χ0n) is 11.7. The molecule has 0 aliphatic rings. The molecule has 0 unspecified atom stereocenters. The van der Waals surface area contributed by atoms with Crippen LogP contribution < -0.4 is 5.32 Å². The van der Waals surface area contributed by atoms with Crippen molar-refractivity contribution in [3.05, 3.63) is 28.3 Å². The molecule has 19 heavy (non-hydrogen) atoms. The summed E-state index contributed by atoms with van der Waals surface area (Å²) in [6, 6.07) is 1.64. The Balaban J connectivity index is 3.55. The molecule has 0 aliphatic carbocycles. The number of rotatable bonds is 3. The summed E-state index contributed by atoms with van der Waals surface area (Å²) in [5.41, 5.74) is 2.05. The third-order valence-electron chi connectivity index (χ3n) is 2.79. The van der Waals surface area contributed by atoms with E-state index in [-0.39, 0.29) is 16.8 Å². The summed E-state index contributed by atoms with van der Waals surface area (Å²) in [5.74, 6) is -0.286. The standard InChI is InChI=1S/C13H18ClNO3S/c1-7(2)15-13(16)11-8(3)6-9(4)12(10(11)5)19(14,17)18/h6-7H,1-5H3,(H,15,16).